The maximum Gasteiger partial charge on any atom is 0.320 e. The number of hydrogen-bond donors (Lipinski definition) is 2. The number of benzene rings is 1. The number of hydrogen-bond acceptors (Lipinski definition) is 3. The van der Waals surface area contributed by atoms with Crippen molar-refractivity contribution >= 4 is 11.8 Å². The summed E-state index contributed by atoms with van der Waals surface area (Å²) < 4.78 is 7.13. The smallest absolute Gasteiger partial charge is 0.320 e. The molecule has 0 aliphatic heterocycles. The van der Waals surface area contributed by atoms with Crippen molar-refractivity contribution in [2.75, 3.05) is 19.0 Å². The average molecular weight is 342 g/mol. The van der Waals surface area contributed by atoms with E-state index < -0.39 is 0 Å². The Morgan fingerprint density at radius 1 is 1.36 bits per heavy atom. The van der Waals surface area contributed by atoms with Gasteiger partial charge in [0.25, 0.3) is 0 Å². The molecule has 1 aliphatic rings. The minimum absolute atomic E-state index is 0.102. The van der Waals surface area contributed by atoms with Crippen molar-refractivity contribution in [1.82, 2.24) is 15.1 Å². The highest BCUT2D eigenvalue weighted by molar-refractivity contribution is 5.89. The second kappa shape index (κ2) is 7.27. The number of urea groups is 1. The number of nitrogens with one attached hydrogen (secondary N) is 2. The first-order chi connectivity index (χ1) is 12.0. The quantitative estimate of drug-likeness (QED) is 0.844. The first kappa shape index (κ1) is 17.5. The topological polar surface area (TPSA) is 68.2 Å². The molecule has 6 heteroatoms. The summed E-state index contributed by atoms with van der Waals surface area (Å²) in [7, 11) is 1.66. The molecule has 134 valence electrons. The molecule has 6 nitrogen and oxygen atoms in total. The molecule has 0 spiro atoms. The van der Waals surface area contributed by atoms with Crippen LogP contribution >= 0.6 is 0 Å². The summed E-state index contributed by atoms with van der Waals surface area (Å²) in [6.45, 7) is 4.58. The number of rotatable bonds is 6. The lowest BCUT2D eigenvalue weighted by atomic mass is 9.77. The molecule has 0 saturated heterocycles. The molecule has 0 bridgehead atoms. The van der Waals surface area contributed by atoms with Crippen LogP contribution in [0.3, 0.4) is 0 Å². The number of methoxy groups -OCH3 is 1. The molecule has 25 heavy (non-hydrogen) atoms. The van der Waals surface area contributed by atoms with Crippen LogP contribution in [0.5, 0.6) is 0 Å². The zero-order valence-electron chi connectivity index (χ0n) is 15.1. The molecular weight excluding hydrogens is 316 g/mol. The third-order valence-corrected chi connectivity index (χ3v) is 4.94. The van der Waals surface area contributed by atoms with Gasteiger partial charge in [0.15, 0.2) is 5.82 Å². The molecule has 1 aromatic carbocycles. The minimum atomic E-state index is -0.230. The zero-order valence-corrected chi connectivity index (χ0v) is 15.1. The van der Waals surface area contributed by atoms with E-state index in [1.54, 1.807) is 7.11 Å². The summed E-state index contributed by atoms with van der Waals surface area (Å²) in [5.74, 6) is 0.590. The molecule has 3 rings (SSSR count). The first-order valence-corrected chi connectivity index (χ1v) is 8.72. The Morgan fingerprint density at radius 3 is 2.68 bits per heavy atom. The Morgan fingerprint density at radius 2 is 2.08 bits per heavy atom. The lowest BCUT2D eigenvalue weighted by Crippen LogP contribution is -2.57. The molecule has 2 amide bonds. The van der Waals surface area contributed by atoms with Gasteiger partial charge in [-0.15, -0.1) is 0 Å². The molecule has 1 fully saturated rings. The number of ether oxygens (including phenoxy) is 1. The van der Waals surface area contributed by atoms with Gasteiger partial charge in [0.1, 0.15) is 0 Å². The second-order valence-electron chi connectivity index (χ2n) is 6.87. The molecule has 1 unspecified atom stereocenters. The summed E-state index contributed by atoms with van der Waals surface area (Å²) in [5, 5.41) is 10.5. The van der Waals surface area contributed by atoms with Gasteiger partial charge >= 0.3 is 6.03 Å². The number of anilines is 1. The Hall–Kier alpha value is -2.34. The van der Waals surface area contributed by atoms with E-state index in [0.29, 0.717) is 12.4 Å². The normalized spacial score (nSPS) is 16.8. The molecule has 1 aromatic heterocycles. The largest absolute Gasteiger partial charge is 0.382 e. The van der Waals surface area contributed by atoms with E-state index in [4.69, 9.17) is 4.74 Å². The third kappa shape index (κ3) is 3.85. The molecule has 1 atom stereocenters. The van der Waals surface area contributed by atoms with Gasteiger partial charge in [0.2, 0.25) is 0 Å². The van der Waals surface area contributed by atoms with Crippen LogP contribution in [0, 0.1) is 6.92 Å². The van der Waals surface area contributed by atoms with Crippen LogP contribution in [0.2, 0.25) is 0 Å². The maximum atomic E-state index is 12.4. The van der Waals surface area contributed by atoms with Gasteiger partial charge in [-0.1, -0.05) is 30.3 Å². The Balaban J connectivity index is 1.67. The van der Waals surface area contributed by atoms with E-state index in [0.717, 1.165) is 24.8 Å². The van der Waals surface area contributed by atoms with Crippen LogP contribution in [-0.2, 0) is 4.74 Å². The molecule has 1 heterocycles. The predicted octanol–water partition coefficient (Wildman–Crippen LogP) is 3.49. The van der Waals surface area contributed by atoms with E-state index in [9.17, 15) is 4.79 Å². The molecule has 0 radical (unpaired) electrons. The monoisotopic (exact) mass is 342 g/mol. The van der Waals surface area contributed by atoms with Crippen LogP contribution in [0.15, 0.2) is 36.5 Å². The van der Waals surface area contributed by atoms with E-state index in [2.05, 4.69) is 34.8 Å². The number of carbonyl (C=O) groups is 1. The summed E-state index contributed by atoms with van der Waals surface area (Å²) in [5.41, 5.74) is 1.88. The first-order valence-electron chi connectivity index (χ1n) is 8.72. The van der Waals surface area contributed by atoms with Gasteiger partial charge < -0.3 is 10.1 Å². The Bertz CT molecular complexity index is 722. The van der Waals surface area contributed by atoms with Gasteiger partial charge in [-0.05, 0) is 38.7 Å². The third-order valence-electron chi connectivity index (χ3n) is 4.94. The number of aromatic nitrogens is 2. The average Bonchev–Trinajstić information content (AvgIpc) is 2.93. The molecule has 2 N–H and O–H groups in total. The standard InChI is InChI=1S/C19H26N4O2/c1-14-12-23(15(2)16-8-5-4-6-9-16)22-17(14)20-18(24)21-19(13-25-3)10-7-11-19/h4-6,8-9,12,15H,7,10-11,13H2,1-3H3,(H2,20,21,22,24). The minimum Gasteiger partial charge on any atom is -0.382 e. The number of carbonyl (C=O) groups excluding carboxylic acids is 1. The lowest BCUT2D eigenvalue weighted by Gasteiger charge is -2.41. The van der Waals surface area contributed by atoms with Crippen molar-refractivity contribution in [3.05, 3.63) is 47.7 Å². The van der Waals surface area contributed by atoms with Gasteiger partial charge in [-0.3, -0.25) is 10.00 Å². The summed E-state index contributed by atoms with van der Waals surface area (Å²) in [6, 6.07) is 10.1. The zero-order chi connectivity index (χ0) is 17.9. The van der Waals surface area contributed by atoms with Crippen LogP contribution in [0.25, 0.3) is 0 Å². The predicted molar refractivity (Wildman–Crippen MR) is 97.8 cm³/mol. The van der Waals surface area contributed by atoms with Crippen molar-refractivity contribution in [2.45, 2.75) is 44.7 Å². The van der Waals surface area contributed by atoms with E-state index in [1.165, 1.54) is 5.56 Å². The van der Waals surface area contributed by atoms with E-state index >= 15 is 0 Å². The van der Waals surface area contributed by atoms with Crippen LogP contribution in [0.4, 0.5) is 10.6 Å². The Labute approximate surface area is 148 Å². The number of aryl methyl sites for hydroxylation is 1. The summed E-state index contributed by atoms with van der Waals surface area (Å²) in [4.78, 5) is 12.4. The van der Waals surface area contributed by atoms with Gasteiger partial charge in [-0.2, -0.15) is 5.10 Å². The molecule has 1 saturated carbocycles. The fourth-order valence-electron chi connectivity index (χ4n) is 3.25. The van der Waals surface area contributed by atoms with Crippen molar-refractivity contribution in [2.24, 2.45) is 0 Å². The van der Waals surface area contributed by atoms with Crippen molar-refractivity contribution in [1.29, 1.82) is 0 Å². The molecular formula is C19H26N4O2. The maximum absolute atomic E-state index is 12.4. The second-order valence-corrected chi connectivity index (χ2v) is 6.87. The Kier molecular flexibility index (Phi) is 5.08. The highest BCUT2D eigenvalue weighted by atomic mass is 16.5. The highest BCUT2D eigenvalue weighted by Crippen LogP contribution is 2.32. The fourth-order valence-corrected chi connectivity index (χ4v) is 3.25. The summed E-state index contributed by atoms with van der Waals surface area (Å²) >= 11 is 0. The van der Waals surface area contributed by atoms with Crippen molar-refractivity contribution in [3.8, 4) is 0 Å². The van der Waals surface area contributed by atoms with Gasteiger partial charge in [-0.25, -0.2) is 4.79 Å². The fraction of sp³-hybridized carbons (Fsp3) is 0.474. The van der Waals surface area contributed by atoms with E-state index in [1.807, 2.05) is 36.0 Å². The van der Waals surface area contributed by atoms with Crippen LogP contribution < -0.4 is 10.6 Å². The van der Waals surface area contributed by atoms with E-state index in [-0.39, 0.29) is 17.6 Å². The lowest BCUT2D eigenvalue weighted by molar-refractivity contribution is 0.0648. The summed E-state index contributed by atoms with van der Waals surface area (Å²) in [6.07, 6.45) is 4.98. The van der Waals surface area contributed by atoms with Crippen molar-refractivity contribution in [3.63, 3.8) is 0 Å². The number of nitrogens with zero attached hydrogens (tertiary/aromatic N) is 2. The van der Waals surface area contributed by atoms with Crippen LogP contribution in [-0.4, -0.2) is 35.1 Å². The van der Waals surface area contributed by atoms with Crippen LogP contribution in [0.1, 0.15) is 43.4 Å². The SMILES string of the molecule is COCC1(NC(=O)Nc2nn(C(C)c3ccccc3)cc2C)CCC1. The van der Waals surface area contributed by atoms with Gasteiger partial charge in [0.05, 0.1) is 18.2 Å². The number of amides is 2. The van der Waals surface area contributed by atoms with Crippen molar-refractivity contribution < 1.29 is 9.53 Å². The molecule has 2 aromatic rings. The molecule has 1 aliphatic carbocycles. The highest BCUT2D eigenvalue weighted by Gasteiger charge is 2.38. The van der Waals surface area contributed by atoms with Gasteiger partial charge in [0, 0.05) is 18.9 Å².